The maximum absolute atomic E-state index is 12.5. The lowest BCUT2D eigenvalue weighted by Gasteiger charge is -2.14. The van der Waals surface area contributed by atoms with E-state index in [1.807, 2.05) is 0 Å². The number of likely N-dealkylation sites (tertiary alicyclic amines) is 1. The maximum Gasteiger partial charge on any atom is 0.416 e. The summed E-state index contributed by atoms with van der Waals surface area (Å²) in [6.07, 6.45) is -2.66. The number of aliphatic carboxylic acids is 1. The molecule has 1 heterocycles. The Morgan fingerprint density at radius 2 is 1.83 bits per heavy atom. The third-order valence-electron chi connectivity index (χ3n) is 3.86. The number of hydrogen-bond donors (Lipinski definition) is 1. The van der Waals surface area contributed by atoms with Crippen LogP contribution in [-0.2, 0) is 15.8 Å². The minimum absolute atomic E-state index is 0. The number of benzene rings is 1. The minimum Gasteiger partial charge on any atom is -0.481 e. The van der Waals surface area contributed by atoms with Crippen LogP contribution in [0.2, 0.25) is 0 Å². The Kier molecular flexibility index (Phi) is 6.42. The zero-order chi connectivity index (χ0) is 17.2. The second kappa shape index (κ2) is 7.70. The van der Waals surface area contributed by atoms with Crippen molar-refractivity contribution in [2.45, 2.75) is 19.5 Å². The molecule has 0 bridgehead atoms. The number of carbonyl (C=O) groups excluding carboxylic acids is 1. The largest absolute Gasteiger partial charge is 0.481 e. The van der Waals surface area contributed by atoms with Gasteiger partial charge in [-0.2, -0.15) is 13.2 Å². The molecule has 0 saturated carbocycles. The molecule has 0 aliphatic carbocycles. The molecule has 1 aliphatic rings. The molecule has 0 spiro atoms. The van der Waals surface area contributed by atoms with Crippen molar-refractivity contribution in [2.24, 2.45) is 5.92 Å². The van der Waals surface area contributed by atoms with Crippen molar-refractivity contribution in [2.75, 3.05) is 13.1 Å². The molecule has 1 saturated heterocycles. The fourth-order valence-electron chi connectivity index (χ4n) is 2.44. The van der Waals surface area contributed by atoms with Crippen molar-refractivity contribution in [3.63, 3.8) is 0 Å². The highest BCUT2D eigenvalue weighted by Crippen LogP contribution is 2.30. The second-order valence-corrected chi connectivity index (χ2v) is 5.51. The normalized spacial score (nSPS) is 18.2. The van der Waals surface area contributed by atoms with Gasteiger partial charge in [0, 0.05) is 19.2 Å². The Bertz CT molecular complexity index is 641. The van der Waals surface area contributed by atoms with Gasteiger partial charge in [-0.05, 0) is 36.6 Å². The van der Waals surface area contributed by atoms with E-state index in [1.165, 1.54) is 23.1 Å². The van der Waals surface area contributed by atoms with Gasteiger partial charge in [0.2, 0.25) is 5.91 Å². The van der Waals surface area contributed by atoms with Crippen LogP contribution in [0, 0.1) is 5.92 Å². The predicted octanol–water partition coefficient (Wildman–Crippen LogP) is 3.46. The molecule has 2 rings (SSSR count). The molecule has 1 aromatic rings. The van der Waals surface area contributed by atoms with E-state index in [9.17, 15) is 22.8 Å². The van der Waals surface area contributed by atoms with Gasteiger partial charge in [-0.3, -0.25) is 9.59 Å². The topological polar surface area (TPSA) is 57.6 Å². The van der Waals surface area contributed by atoms with E-state index >= 15 is 0 Å². The monoisotopic (exact) mass is 363 g/mol. The fourth-order valence-corrected chi connectivity index (χ4v) is 2.44. The van der Waals surface area contributed by atoms with Gasteiger partial charge in [0.25, 0.3) is 0 Å². The van der Waals surface area contributed by atoms with Gasteiger partial charge in [-0.15, -0.1) is 12.4 Å². The predicted molar refractivity (Wildman–Crippen MR) is 84.7 cm³/mol. The van der Waals surface area contributed by atoms with Crippen LogP contribution < -0.4 is 0 Å². The summed E-state index contributed by atoms with van der Waals surface area (Å²) in [5, 5.41) is 8.92. The minimum atomic E-state index is -4.40. The first-order chi connectivity index (χ1) is 10.7. The summed E-state index contributed by atoms with van der Waals surface area (Å²) in [5.41, 5.74) is 0.298. The van der Waals surface area contributed by atoms with Crippen LogP contribution in [0.15, 0.2) is 30.3 Å². The quantitative estimate of drug-likeness (QED) is 0.837. The number of alkyl halides is 3. The van der Waals surface area contributed by atoms with E-state index < -0.39 is 23.6 Å². The average molecular weight is 364 g/mol. The van der Waals surface area contributed by atoms with Crippen molar-refractivity contribution >= 4 is 29.9 Å². The van der Waals surface area contributed by atoms with Crippen LogP contribution in [0.3, 0.4) is 0 Å². The number of halogens is 4. The highest BCUT2D eigenvalue weighted by Gasteiger charge is 2.31. The lowest BCUT2D eigenvalue weighted by molar-refractivity contribution is -0.141. The average Bonchev–Trinajstić information content (AvgIpc) is 2.96. The summed E-state index contributed by atoms with van der Waals surface area (Å²) >= 11 is 0. The van der Waals surface area contributed by atoms with Gasteiger partial charge in [-0.1, -0.05) is 12.1 Å². The van der Waals surface area contributed by atoms with Crippen LogP contribution in [0.4, 0.5) is 13.2 Å². The summed E-state index contributed by atoms with van der Waals surface area (Å²) in [7, 11) is 0. The van der Waals surface area contributed by atoms with E-state index in [0.717, 1.165) is 12.1 Å². The molecule has 24 heavy (non-hydrogen) atoms. The van der Waals surface area contributed by atoms with Gasteiger partial charge < -0.3 is 10.0 Å². The Morgan fingerprint density at radius 1 is 1.25 bits per heavy atom. The van der Waals surface area contributed by atoms with E-state index in [1.54, 1.807) is 6.92 Å². The number of amides is 1. The van der Waals surface area contributed by atoms with Crippen molar-refractivity contribution < 1.29 is 27.9 Å². The Balaban J connectivity index is 0.00000288. The third kappa shape index (κ3) is 4.74. The zero-order valence-corrected chi connectivity index (χ0v) is 13.7. The van der Waals surface area contributed by atoms with Crippen LogP contribution in [-0.4, -0.2) is 35.0 Å². The van der Waals surface area contributed by atoms with Crippen molar-refractivity contribution in [1.82, 2.24) is 4.90 Å². The van der Waals surface area contributed by atoms with Gasteiger partial charge in [0.15, 0.2) is 0 Å². The van der Waals surface area contributed by atoms with Crippen molar-refractivity contribution in [3.8, 4) is 0 Å². The molecule has 1 atom stereocenters. The smallest absolute Gasteiger partial charge is 0.416 e. The zero-order valence-electron chi connectivity index (χ0n) is 12.8. The second-order valence-electron chi connectivity index (χ2n) is 5.51. The summed E-state index contributed by atoms with van der Waals surface area (Å²) in [6.45, 7) is 2.16. The molecular formula is C16H17ClF3NO3. The molecule has 1 fully saturated rings. The molecule has 1 aliphatic heterocycles. The standard InChI is InChI=1S/C16H16F3NO3.ClH/c1-10(11-2-4-13(5-3-11)16(17,18)19)8-14(21)20-7-6-12(9-20)15(22)23;/h2-5,8,12H,6-7,9H2,1H3,(H,22,23);1H/b10-8+;. The molecule has 1 N–H and O–H groups in total. The molecule has 1 aromatic carbocycles. The molecule has 8 heteroatoms. The fraction of sp³-hybridized carbons (Fsp3) is 0.375. The van der Waals surface area contributed by atoms with Crippen LogP contribution >= 0.6 is 12.4 Å². The van der Waals surface area contributed by atoms with Crippen LogP contribution in [0.25, 0.3) is 5.57 Å². The van der Waals surface area contributed by atoms with E-state index in [-0.39, 0.29) is 24.9 Å². The first-order valence-electron chi connectivity index (χ1n) is 7.06. The first kappa shape index (κ1) is 20.0. The third-order valence-corrected chi connectivity index (χ3v) is 3.86. The molecule has 1 unspecified atom stereocenters. The van der Waals surface area contributed by atoms with E-state index in [2.05, 4.69) is 0 Å². The number of rotatable bonds is 3. The van der Waals surface area contributed by atoms with Gasteiger partial charge in [0.1, 0.15) is 0 Å². The molecular weight excluding hydrogens is 347 g/mol. The number of carbonyl (C=O) groups is 2. The number of allylic oxidation sites excluding steroid dienone is 1. The number of carboxylic acid groups (broad SMARTS) is 1. The highest BCUT2D eigenvalue weighted by molar-refractivity contribution is 5.95. The van der Waals surface area contributed by atoms with Crippen LogP contribution in [0.1, 0.15) is 24.5 Å². The molecule has 1 amide bonds. The summed E-state index contributed by atoms with van der Waals surface area (Å²) in [5.74, 6) is -1.81. The molecule has 0 radical (unpaired) electrons. The van der Waals surface area contributed by atoms with Gasteiger partial charge >= 0.3 is 12.1 Å². The maximum atomic E-state index is 12.5. The summed E-state index contributed by atoms with van der Waals surface area (Å²) in [6, 6.07) is 4.55. The van der Waals surface area contributed by atoms with Crippen molar-refractivity contribution in [1.29, 1.82) is 0 Å². The Morgan fingerprint density at radius 3 is 2.29 bits per heavy atom. The van der Waals surface area contributed by atoms with Gasteiger partial charge in [0.05, 0.1) is 11.5 Å². The number of carboxylic acids is 1. The molecule has 4 nitrogen and oxygen atoms in total. The first-order valence-corrected chi connectivity index (χ1v) is 7.06. The van der Waals surface area contributed by atoms with Crippen molar-refractivity contribution in [3.05, 3.63) is 41.5 Å². The highest BCUT2D eigenvalue weighted by atomic mass is 35.5. The SMILES string of the molecule is C/C(=C\C(=O)N1CCC(C(=O)O)C1)c1ccc(C(F)(F)F)cc1.Cl. The summed E-state index contributed by atoms with van der Waals surface area (Å²) in [4.78, 5) is 24.4. The molecule has 0 aromatic heterocycles. The number of hydrogen-bond acceptors (Lipinski definition) is 2. The van der Waals surface area contributed by atoms with Crippen LogP contribution in [0.5, 0.6) is 0 Å². The number of nitrogens with zero attached hydrogens (tertiary/aromatic N) is 1. The van der Waals surface area contributed by atoms with E-state index in [4.69, 9.17) is 5.11 Å². The lowest BCUT2D eigenvalue weighted by atomic mass is 10.0. The Hall–Kier alpha value is -2.02. The lowest BCUT2D eigenvalue weighted by Crippen LogP contribution is -2.28. The van der Waals surface area contributed by atoms with E-state index in [0.29, 0.717) is 24.1 Å². The summed E-state index contributed by atoms with van der Waals surface area (Å²) < 4.78 is 37.5. The van der Waals surface area contributed by atoms with Gasteiger partial charge in [-0.25, -0.2) is 0 Å². The Labute approximate surface area is 143 Å². The molecule has 132 valence electrons.